The van der Waals surface area contributed by atoms with Crippen molar-refractivity contribution in [2.24, 2.45) is 0 Å². The molecule has 1 aliphatic carbocycles. The third kappa shape index (κ3) is 3.45. The topological polar surface area (TPSA) is 154 Å². The molecule has 0 atom stereocenters. The average molecular weight is 433 g/mol. The van der Waals surface area contributed by atoms with E-state index >= 15 is 0 Å². The molecule has 10 heteroatoms. The summed E-state index contributed by atoms with van der Waals surface area (Å²) in [6, 6.07) is 9.70. The van der Waals surface area contributed by atoms with Gasteiger partial charge >= 0.3 is 5.97 Å². The molecule has 0 aliphatic heterocycles. The third-order valence-electron chi connectivity index (χ3n) is 5.60. The number of aromatic amines is 2. The largest absolute Gasteiger partial charge is 0.506 e. The number of hydrogen-bond donors (Lipinski definition) is 4. The van der Waals surface area contributed by atoms with E-state index in [-0.39, 0.29) is 34.4 Å². The lowest BCUT2D eigenvalue weighted by molar-refractivity contribution is 0.0694. The van der Waals surface area contributed by atoms with Crippen molar-refractivity contribution >= 4 is 17.1 Å². The normalized spacial score (nSPS) is 14.1. The van der Waals surface area contributed by atoms with Crippen LogP contribution in [0.3, 0.4) is 0 Å². The quantitative estimate of drug-likeness (QED) is 0.374. The summed E-state index contributed by atoms with van der Waals surface area (Å²) < 4.78 is 6.27. The van der Waals surface area contributed by atoms with Crippen LogP contribution in [0.5, 0.6) is 11.5 Å². The highest BCUT2D eigenvalue weighted by Crippen LogP contribution is 2.38. The van der Waals surface area contributed by atoms with Crippen molar-refractivity contribution in [1.29, 1.82) is 0 Å². The number of rotatable bonds is 5. The predicted octanol–water partition coefficient (Wildman–Crippen LogP) is 3.10. The molecule has 0 unspecified atom stereocenters. The molecule has 4 N–H and O–H groups in total. The fraction of sp³-hybridized carbons (Fsp3) is 0.227. The van der Waals surface area contributed by atoms with Gasteiger partial charge in [-0.3, -0.25) is 4.79 Å². The Labute approximate surface area is 180 Å². The number of H-pyrrole nitrogens is 2. The number of phenols is 1. The summed E-state index contributed by atoms with van der Waals surface area (Å²) in [5, 5.41) is 29.9. The average Bonchev–Trinajstić information content (AvgIpc) is 3.46. The van der Waals surface area contributed by atoms with Crippen LogP contribution in [0.2, 0.25) is 0 Å². The second-order valence-corrected chi connectivity index (χ2v) is 7.65. The minimum absolute atomic E-state index is 0.0189. The van der Waals surface area contributed by atoms with Gasteiger partial charge in [0.1, 0.15) is 22.9 Å². The number of hydrogen-bond acceptors (Lipinski definition) is 7. The summed E-state index contributed by atoms with van der Waals surface area (Å²) in [7, 11) is 0. The van der Waals surface area contributed by atoms with Gasteiger partial charge in [-0.2, -0.15) is 5.21 Å². The molecule has 162 valence electrons. The molecule has 2 heterocycles. The lowest BCUT2D eigenvalue weighted by atomic mass is 9.99. The molecule has 0 amide bonds. The number of carbonyl (C=O) groups is 1. The van der Waals surface area contributed by atoms with Crippen molar-refractivity contribution in [3.63, 3.8) is 0 Å². The third-order valence-corrected chi connectivity index (χ3v) is 5.60. The number of carboxylic acid groups (broad SMARTS) is 1. The first-order valence-electron chi connectivity index (χ1n) is 10.2. The van der Waals surface area contributed by atoms with Crippen LogP contribution in [-0.4, -0.2) is 47.7 Å². The van der Waals surface area contributed by atoms with E-state index in [0.717, 1.165) is 25.7 Å². The Balaban J connectivity index is 1.65. The van der Waals surface area contributed by atoms with Crippen molar-refractivity contribution in [2.75, 3.05) is 0 Å². The number of ether oxygens (including phenoxy) is 1. The fourth-order valence-corrected chi connectivity index (χ4v) is 4.00. The summed E-state index contributed by atoms with van der Waals surface area (Å²) in [5.74, 6) is -0.791. The molecule has 0 bridgehead atoms. The maximum atomic E-state index is 12.4. The van der Waals surface area contributed by atoms with Crippen LogP contribution < -0.4 is 10.3 Å². The van der Waals surface area contributed by atoms with Gasteiger partial charge in [-0.1, -0.05) is 18.2 Å². The number of benzene rings is 2. The Bertz CT molecular complexity index is 1390. The van der Waals surface area contributed by atoms with E-state index in [1.807, 2.05) is 0 Å². The van der Waals surface area contributed by atoms with E-state index in [2.05, 4.69) is 25.4 Å². The minimum atomic E-state index is -1.22. The summed E-state index contributed by atoms with van der Waals surface area (Å²) in [6.07, 6.45) is 3.98. The van der Waals surface area contributed by atoms with Crippen molar-refractivity contribution in [2.45, 2.75) is 31.8 Å². The molecule has 10 nitrogen and oxygen atoms in total. The molecular weight excluding hydrogens is 414 g/mol. The van der Waals surface area contributed by atoms with Crippen LogP contribution >= 0.6 is 0 Å². The van der Waals surface area contributed by atoms with E-state index in [1.54, 1.807) is 30.3 Å². The van der Waals surface area contributed by atoms with E-state index in [9.17, 15) is 19.8 Å². The standard InChI is InChI=1S/C22H19N5O5/c28-18-13(6-3-7-15(18)22(30)31)11-8-9-14(16(10-11)32-12-4-1-2-5-12)19-23-20-17(21(29)24-19)25-27-26-20/h3,6-10,12,28H,1-2,4-5H2,(H,30,31)(H2,23,24,25,26,27,29). The molecular formula is C22H19N5O5. The van der Waals surface area contributed by atoms with Gasteiger partial charge < -0.3 is 19.9 Å². The summed E-state index contributed by atoms with van der Waals surface area (Å²) in [5.41, 5.74) is 1.17. The monoisotopic (exact) mass is 433 g/mol. The van der Waals surface area contributed by atoms with Gasteiger partial charge in [0, 0.05) is 5.56 Å². The van der Waals surface area contributed by atoms with E-state index < -0.39 is 11.5 Å². The van der Waals surface area contributed by atoms with Crippen LogP contribution in [0.15, 0.2) is 41.2 Å². The molecule has 5 rings (SSSR count). The zero-order chi connectivity index (χ0) is 22.2. The zero-order valence-electron chi connectivity index (χ0n) is 16.8. The van der Waals surface area contributed by atoms with E-state index in [1.165, 1.54) is 6.07 Å². The van der Waals surface area contributed by atoms with Gasteiger partial charge in [0.15, 0.2) is 5.52 Å². The maximum Gasteiger partial charge on any atom is 0.339 e. The molecule has 1 aliphatic rings. The number of aromatic nitrogens is 5. The first-order valence-corrected chi connectivity index (χ1v) is 10.2. The number of carboxylic acids is 1. The smallest absolute Gasteiger partial charge is 0.339 e. The molecule has 0 spiro atoms. The van der Waals surface area contributed by atoms with Crippen molar-refractivity contribution < 1.29 is 19.7 Å². The van der Waals surface area contributed by atoms with Gasteiger partial charge in [-0.05, 0) is 49.4 Å². The van der Waals surface area contributed by atoms with Crippen LogP contribution in [0, 0.1) is 0 Å². The summed E-state index contributed by atoms with van der Waals surface area (Å²) >= 11 is 0. The van der Waals surface area contributed by atoms with Gasteiger partial charge in [-0.25, -0.2) is 9.78 Å². The second-order valence-electron chi connectivity index (χ2n) is 7.65. The minimum Gasteiger partial charge on any atom is -0.506 e. The first kappa shape index (κ1) is 19.7. The number of para-hydroxylation sites is 1. The molecule has 0 radical (unpaired) electrons. The van der Waals surface area contributed by atoms with Gasteiger partial charge in [0.25, 0.3) is 5.56 Å². The van der Waals surface area contributed by atoms with Gasteiger partial charge in [0.2, 0.25) is 5.65 Å². The van der Waals surface area contributed by atoms with Crippen molar-refractivity contribution in [3.05, 3.63) is 52.3 Å². The Morgan fingerprint density at radius 3 is 2.69 bits per heavy atom. The maximum absolute atomic E-state index is 12.4. The van der Waals surface area contributed by atoms with Crippen LogP contribution in [-0.2, 0) is 0 Å². The predicted molar refractivity (Wildman–Crippen MR) is 115 cm³/mol. The molecule has 32 heavy (non-hydrogen) atoms. The Morgan fingerprint density at radius 1 is 1.09 bits per heavy atom. The number of nitrogens with one attached hydrogen (secondary N) is 2. The molecule has 2 aromatic carbocycles. The number of fused-ring (bicyclic) bond motifs is 1. The first-order chi connectivity index (χ1) is 15.5. The number of aromatic carboxylic acids is 1. The summed E-state index contributed by atoms with van der Waals surface area (Å²) in [4.78, 5) is 30.9. The molecule has 0 saturated heterocycles. The Hall–Kier alpha value is -4.21. The van der Waals surface area contributed by atoms with Crippen LogP contribution in [0.25, 0.3) is 33.7 Å². The lowest BCUT2D eigenvalue weighted by Gasteiger charge is -2.18. The van der Waals surface area contributed by atoms with Gasteiger partial charge in [-0.15, -0.1) is 10.2 Å². The molecule has 2 aromatic heterocycles. The lowest BCUT2D eigenvalue weighted by Crippen LogP contribution is -2.13. The summed E-state index contributed by atoms with van der Waals surface area (Å²) in [6.45, 7) is 0. The highest BCUT2D eigenvalue weighted by molar-refractivity contribution is 5.94. The van der Waals surface area contributed by atoms with Gasteiger partial charge in [0.05, 0.1) is 11.7 Å². The van der Waals surface area contributed by atoms with E-state index in [4.69, 9.17) is 4.74 Å². The number of aromatic hydroxyl groups is 1. The van der Waals surface area contributed by atoms with Crippen molar-refractivity contribution in [1.82, 2.24) is 25.4 Å². The SMILES string of the molecule is O=C(O)c1cccc(-c2ccc(-c3nc4n[nH]nc4c(=O)[nH]3)c(OC3CCCC3)c2)c1O. The van der Waals surface area contributed by atoms with Crippen LogP contribution in [0.1, 0.15) is 36.0 Å². The molecule has 1 fully saturated rings. The van der Waals surface area contributed by atoms with Crippen LogP contribution in [0.4, 0.5) is 0 Å². The van der Waals surface area contributed by atoms with E-state index in [0.29, 0.717) is 22.4 Å². The Kier molecular flexibility index (Phi) is 4.81. The van der Waals surface area contributed by atoms with Crippen molar-refractivity contribution in [3.8, 4) is 34.0 Å². The Morgan fingerprint density at radius 2 is 1.91 bits per heavy atom. The zero-order valence-corrected chi connectivity index (χ0v) is 16.8. The molecule has 1 saturated carbocycles. The number of nitrogens with zero attached hydrogens (tertiary/aromatic N) is 3. The highest BCUT2D eigenvalue weighted by atomic mass is 16.5. The molecule has 4 aromatic rings. The fourth-order valence-electron chi connectivity index (χ4n) is 4.00. The highest BCUT2D eigenvalue weighted by Gasteiger charge is 2.22. The second kappa shape index (κ2) is 7.80.